The lowest BCUT2D eigenvalue weighted by Crippen LogP contribution is -2.49. The van der Waals surface area contributed by atoms with Crippen molar-refractivity contribution < 1.29 is 23.9 Å². The molecule has 0 aliphatic carbocycles. The first-order valence-electron chi connectivity index (χ1n) is 7.93. The van der Waals surface area contributed by atoms with Crippen LogP contribution in [0.15, 0.2) is 11.3 Å². The van der Waals surface area contributed by atoms with Crippen LogP contribution in [0.4, 0.5) is 4.79 Å². The van der Waals surface area contributed by atoms with Crippen molar-refractivity contribution in [2.24, 2.45) is 5.92 Å². The summed E-state index contributed by atoms with van der Waals surface area (Å²) in [4.78, 5) is 36.2. The molecule has 2 amide bonds. The number of amides is 2. The van der Waals surface area contributed by atoms with E-state index in [1.165, 1.54) is 7.11 Å². The summed E-state index contributed by atoms with van der Waals surface area (Å²) in [5.41, 5.74) is 0.0121. The number of carbonyl (C=O) groups excluding carboxylic acids is 3. The van der Waals surface area contributed by atoms with Gasteiger partial charge >= 0.3 is 12.1 Å². The molecule has 24 heavy (non-hydrogen) atoms. The maximum Gasteiger partial charge on any atom is 0.408 e. The lowest BCUT2D eigenvalue weighted by molar-refractivity contribution is -0.138. The predicted molar refractivity (Wildman–Crippen MR) is 91.1 cm³/mol. The minimum absolute atomic E-state index is 0.0715. The average Bonchev–Trinajstić information content (AvgIpc) is 2.39. The van der Waals surface area contributed by atoms with Gasteiger partial charge in [-0.05, 0) is 52.5 Å². The average molecular weight is 342 g/mol. The molecular formula is C17H30N2O5. The van der Waals surface area contributed by atoms with Gasteiger partial charge in [0, 0.05) is 0 Å². The standard InChI is InChI=1S/C17H30N2O5/c1-10(2)9-12(18-16(22)24-17(5,6)7)14(20)19-13(11(3)4)15(21)23-8/h10,12H,9H2,1-8H3,(H,18,22)(H,19,20)/t12-/m0/s1. The minimum Gasteiger partial charge on any atom is -0.464 e. The summed E-state index contributed by atoms with van der Waals surface area (Å²) in [6.07, 6.45) is -0.275. The van der Waals surface area contributed by atoms with Gasteiger partial charge in [0.2, 0.25) is 5.91 Å². The summed E-state index contributed by atoms with van der Waals surface area (Å²) in [5.74, 6) is -0.968. The topological polar surface area (TPSA) is 93.7 Å². The van der Waals surface area contributed by atoms with E-state index in [1.807, 2.05) is 13.8 Å². The highest BCUT2D eigenvalue weighted by Gasteiger charge is 2.27. The monoisotopic (exact) mass is 342 g/mol. The van der Waals surface area contributed by atoms with E-state index in [1.54, 1.807) is 34.6 Å². The highest BCUT2D eigenvalue weighted by Crippen LogP contribution is 2.11. The van der Waals surface area contributed by atoms with Crippen LogP contribution in [0.3, 0.4) is 0 Å². The number of hydrogen-bond acceptors (Lipinski definition) is 5. The molecule has 0 fully saturated rings. The quantitative estimate of drug-likeness (QED) is 0.571. The lowest BCUT2D eigenvalue weighted by atomic mass is 10.0. The Morgan fingerprint density at radius 2 is 1.62 bits per heavy atom. The number of alkyl carbamates (subject to hydrolysis) is 1. The van der Waals surface area contributed by atoms with Crippen LogP contribution in [0.5, 0.6) is 0 Å². The number of nitrogens with one attached hydrogen (secondary N) is 2. The number of ether oxygens (including phenoxy) is 2. The fraction of sp³-hybridized carbons (Fsp3) is 0.706. The normalized spacial score (nSPS) is 12.2. The van der Waals surface area contributed by atoms with Gasteiger partial charge in [-0.2, -0.15) is 0 Å². The van der Waals surface area contributed by atoms with Crippen molar-refractivity contribution in [1.29, 1.82) is 0 Å². The van der Waals surface area contributed by atoms with E-state index in [2.05, 4.69) is 15.4 Å². The van der Waals surface area contributed by atoms with Crippen LogP contribution in [0, 0.1) is 5.92 Å². The minimum atomic E-state index is -0.821. The zero-order valence-electron chi connectivity index (χ0n) is 15.9. The molecule has 0 aromatic rings. The van der Waals surface area contributed by atoms with Gasteiger partial charge in [0.05, 0.1) is 7.11 Å². The van der Waals surface area contributed by atoms with Gasteiger partial charge in [-0.1, -0.05) is 13.8 Å². The number of hydrogen-bond donors (Lipinski definition) is 2. The Kier molecular flexibility index (Phi) is 8.50. The van der Waals surface area contributed by atoms with Crippen molar-refractivity contribution in [2.75, 3.05) is 7.11 Å². The number of esters is 1. The maximum atomic E-state index is 12.5. The Balaban J connectivity index is 5.17. The molecule has 7 heteroatoms. The van der Waals surface area contributed by atoms with Gasteiger partial charge < -0.3 is 20.1 Å². The van der Waals surface area contributed by atoms with E-state index in [0.717, 1.165) is 0 Å². The van der Waals surface area contributed by atoms with Crippen molar-refractivity contribution in [3.63, 3.8) is 0 Å². The van der Waals surface area contributed by atoms with Crippen molar-refractivity contribution in [2.45, 2.75) is 66.5 Å². The van der Waals surface area contributed by atoms with Crippen molar-refractivity contribution in [3.8, 4) is 0 Å². The predicted octanol–water partition coefficient (Wildman–Crippen LogP) is 2.51. The Bertz CT molecular complexity index is 500. The van der Waals surface area contributed by atoms with E-state index in [4.69, 9.17) is 4.74 Å². The third kappa shape index (κ3) is 8.55. The van der Waals surface area contributed by atoms with Gasteiger partial charge in [-0.3, -0.25) is 4.79 Å². The lowest BCUT2D eigenvalue weighted by Gasteiger charge is -2.24. The van der Waals surface area contributed by atoms with Gasteiger partial charge in [0.25, 0.3) is 0 Å². The van der Waals surface area contributed by atoms with Crippen LogP contribution in [-0.4, -0.2) is 36.7 Å². The molecule has 1 atom stereocenters. The van der Waals surface area contributed by atoms with Crippen molar-refractivity contribution >= 4 is 18.0 Å². The largest absolute Gasteiger partial charge is 0.464 e. The molecule has 0 spiro atoms. The number of allylic oxidation sites excluding steroid dienone is 1. The van der Waals surface area contributed by atoms with Crippen LogP contribution in [-0.2, 0) is 19.1 Å². The van der Waals surface area contributed by atoms with Gasteiger partial charge in [-0.15, -0.1) is 0 Å². The van der Waals surface area contributed by atoms with E-state index >= 15 is 0 Å². The van der Waals surface area contributed by atoms with E-state index in [9.17, 15) is 14.4 Å². The molecule has 7 nitrogen and oxygen atoms in total. The summed E-state index contributed by atoms with van der Waals surface area (Å²) < 4.78 is 9.85. The second kappa shape index (κ2) is 9.30. The number of rotatable bonds is 6. The Morgan fingerprint density at radius 1 is 1.08 bits per heavy atom. The smallest absolute Gasteiger partial charge is 0.408 e. The highest BCUT2D eigenvalue weighted by atomic mass is 16.6. The van der Waals surface area contributed by atoms with E-state index in [-0.39, 0.29) is 11.6 Å². The SMILES string of the molecule is COC(=O)C(NC(=O)[C@H](CC(C)C)NC(=O)OC(C)(C)C)=C(C)C. The van der Waals surface area contributed by atoms with Crippen LogP contribution >= 0.6 is 0 Å². The molecule has 0 rings (SSSR count). The first kappa shape index (κ1) is 21.9. The molecule has 0 aliphatic rings. The van der Waals surface area contributed by atoms with Crippen LogP contribution in [0.1, 0.15) is 54.9 Å². The van der Waals surface area contributed by atoms with Gasteiger partial charge in [-0.25, -0.2) is 9.59 Å². The molecule has 0 saturated heterocycles. The third-order valence-corrected chi connectivity index (χ3v) is 2.85. The third-order valence-electron chi connectivity index (χ3n) is 2.85. The van der Waals surface area contributed by atoms with Crippen molar-refractivity contribution in [1.82, 2.24) is 10.6 Å². The first-order chi connectivity index (χ1) is 10.9. The maximum absolute atomic E-state index is 12.5. The Labute approximate surface area is 144 Å². The van der Waals surface area contributed by atoms with Gasteiger partial charge in [0.1, 0.15) is 17.3 Å². The Morgan fingerprint density at radius 3 is 2.00 bits per heavy atom. The van der Waals surface area contributed by atoms with Crippen molar-refractivity contribution in [3.05, 3.63) is 11.3 Å². The molecule has 0 aromatic carbocycles. The van der Waals surface area contributed by atoms with Crippen LogP contribution < -0.4 is 10.6 Å². The molecule has 0 unspecified atom stereocenters. The summed E-state index contributed by atoms with van der Waals surface area (Å²) in [6.45, 7) is 12.4. The Hall–Kier alpha value is -2.05. The van der Waals surface area contributed by atoms with Crippen LogP contribution in [0.2, 0.25) is 0 Å². The summed E-state index contributed by atoms with van der Waals surface area (Å²) in [6, 6.07) is -0.821. The molecule has 0 heterocycles. The first-order valence-corrected chi connectivity index (χ1v) is 7.93. The molecule has 0 saturated carbocycles. The zero-order valence-corrected chi connectivity index (χ0v) is 15.9. The van der Waals surface area contributed by atoms with Crippen LogP contribution in [0.25, 0.3) is 0 Å². The molecule has 0 aliphatic heterocycles. The fourth-order valence-electron chi connectivity index (χ4n) is 1.85. The highest BCUT2D eigenvalue weighted by molar-refractivity contribution is 5.96. The number of methoxy groups -OCH3 is 1. The molecule has 0 aromatic heterocycles. The summed E-state index contributed by atoms with van der Waals surface area (Å²) in [7, 11) is 1.24. The fourth-order valence-corrected chi connectivity index (χ4v) is 1.85. The molecular weight excluding hydrogens is 312 g/mol. The summed E-state index contributed by atoms with van der Waals surface area (Å²) in [5, 5.41) is 5.09. The second-order valence-electron chi connectivity index (χ2n) is 7.18. The molecule has 2 N–H and O–H groups in total. The molecule has 0 radical (unpaired) electrons. The van der Waals surface area contributed by atoms with E-state index in [0.29, 0.717) is 12.0 Å². The molecule has 138 valence electrons. The number of carbonyl (C=O) groups is 3. The molecule has 0 bridgehead atoms. The zero-order chi connectivity index (χ0) is 19.1. The van der Waals surface area contributed by atoms with Gasteiger partial charge in [0.15, 0.2) is 0 Å². The second-order valence-corrected chi connectivity index (χ2v) is 7.18. The summed E-state index contributed by atoms with van der Waals surface area (Å²) >= 11 is 0. The van der Waals surface area contributed by atoms with E-state index < -0.39 is 29.6 Å².